The van der Waals surface area contributed by atoms with Crippen molar-refractivity contribution in [3.05, 3.63) is 29.8 Å². The summed E-state index contributed by atoms with van der Waals surface area (Å²) >= 11 is 0. The molecule has 0 atom stereocenters. The number of likely N-dealkylation sites (tertiary alicyclic amines) is 1. The van der Waals surface area contributed by atoms with Crippen molar-refractivity contribution < 1.29 is 9.59 Å². The van der Waals surface area contributed by atoms with Crippen molar-refractivity contribution in [2.45, 2.75) is 19.8 Å². The maximum absolute atomic E-state index is 12.2. The highest BCUT2D eigenvalue weighted by molar-refractivity contribution is 5.92. The predicted molar refractivity (Wildman–Crippen MR) is 78.2 cm³/mol. The molecule has 20 heavy (non-hydrogen) atoms. The highest BCUT2D eigenvalue weighted by Crippen LogP contribution is 2.19. The van der Waals surface area contributed by atoms with Gasteiger partial charge in [-0.2, -0.15) is 0 Å². The van der Waals surface area contributed by atoms with Crippen molar-refractivity contribution >= 4 is 17.5 Å². The fraction of sp³-hybridized carbons (Fsp3) is 0.467. The van der Waals surface area contributed by atoms with Crippen LogP contribution in [0.5, 0.6) is 0 Å². The minimum absolute atomic E-state index is 0.0143. The van der Waals surface area contributed by atoms with E-state index in [2.05, 4.69) is 5.32 Å². The number of aryl methyl sites for hydroxylation is 1. The van der Waals surface area contributed by atoms with Gasteiger partial charge in [-0.25, -0.2) is 0 Å². The van der Waals surface area contributed by atoms with Crippen LogP contribution in [0, 0.1) is 12.8 Å². The minimum Gasteiger partial charge on any atom is -0.369 e. The molecule has 1 fully saturated rings. The third-order valence-electron chi connectivity index (χ3n) is 3.66. The number of benzene rings is 1. The van der Waals surface area contributed by atoms with Crippen LogP contribution in [0.15, 0.2) is 24.3 Å². The number of nitrogens with zero attached hydrogens (tertiary/aromatic N) is 1. The summed E-state index contributed by atoms with van der Waals surface area (Å²) in [7, 11) is 0. The Kier molecular flexibility index (Phi) is 4.74. The zero-order valence-electron chi connectivity index (χ0n) is 11.8. The quantitative estimate of drug-likeness (QED) is 0.865. The largest absolute Gasteiger partial charge is 0.369 e. The molecule has 0 spiro atoms. The maximum atomic E-state index is 12.2. The lowest BCUT2D eigenvalue weighted by Crippen LogP contribution is -2.42. The molecule has 1 aromatic rings. The predicted octanol–water partition coefficient (Wildman–Crippen LogP) is 1.13. The molecule has 108 valence electrons. The van der Waals surface area contributed by atoms with Crippen LogP contribution in [-0.2, 0) is 9.59 Å². The van der Waals surface area contributed by atoms with Gasteiger partial charge in [0.25, 0.3) is 0 Å². The Morgan fingerprint density at radius 1 is 1.25 bits per heavy atom. The number of anilines is 1. The lowest BCUT2D eigenvalue weighted by atomic mass is 9.96. The molecule has 1 heterocycles. The van der Waals surface area contributed by atoms with Crippen LogP contribution >= 0.6 is 0 Å². The molecule has 5 nitrogen and oxygen atoms in total. The van der Waals surface area contributed by atoms with E-state index in [1.165, 1.54) is 5.56 Å². The molecule has 0 bridgehead atoms. The Balaban J connectivity index is 1.82. The number of hydrogen-bond donors (Lipinski definition) is 2. The van der Waals surface area contributed by atoms with Crippen molar-refractivity contribution in [1.29, 1.82) is 0 Å². The average Bonchev–Trinajstić information content (AvgIpc) is 2.41. The van der Waals surface area contributed by atoms with Crippen molar-refractivity contribution in [2.24, 2.45) is 11.7 Å². The molecule has 3 N–H and O–H groups in total. The second-order valence-corrected chi connectivity index (χ2v) is 5.37. The van der Waals surface area contributed by atoms with Gasteiger partial charge in [0.2, 0.25) is 11.8 Å². The third-order valence-corrected chi connectivity index (χ3v) is 3.66. The monoisotopic (exact) mass is 275 g/mol. The van der Waals surface area contributed by atoms with E-state index in [1.807, 2.05) is 36.1 Å². The zero-order valence-corrected chi connectivity index (χ0v) is 11.8. The van der Waals surface area contributed by atoms with Crippen LogP contribution in [0.3, 0.4) is 0 Å². The number of carbonyl (C=O) groups is 2. The summed E-state index contributed by atoms with van der Waals surface area (Å²) in [5.74, 6) is -0.236. The van der Waals surface area contributed by atoms with Gasteiger partial charge in [0.15, 0.2) is 0 Å². The smallest absolute Gasteiger partial charge is 0.231 e. The minimum atomic E-state index is -0.312. The van der Waals surface area contributed by atoms with E-state index in [1.54, 1.807) is 0 Å². The fourth-order valence-electron chi connectivity index (χ4n) is 2.45. The van der Waals surface area contributed by atoms with E-state index in [-0.39, 0.29) is 24.3 Å². The molecule has 1 aliphatic rings. The topological polar surface area (TPSA) is 75.4 Å². The molecule has 2 amide bonds. The third kappa shape index (κ3) is 4.06. The number of rotatable bonds is 4. The van der Waals surface area contributed by atoms with Crippen LogP contribution in [0.2, 0.25) is 0 Å². The molecule has 0 aromatic heterocycles. The summed E-state index contributed by atoms with van der Waals surface area (Å²) in [5, 5.41) is 2.95. The lowest BCUT2D eigenvalue weighted by Gasteiger charge is -2.30. The van der Waals surface area contributed by atoms with Gasteiger partial charge in [-0.05, 0) is 45.0 Å². The molecule has 1 aliphatic heterocycles. The van der Waals surface area contributed by atoms with Crippen molar-refractivity contribution in [3.8, 4) is 0 Å². The zero-order chi connectivity index (χ0) is 14.5. The Labute approximate surface area is 119 Å². The second-order valence-electron chi connectivity index (χ2n) is 5.37. The number of nitrogens with one attached hydrogen (secondary N) is 1. The van der Waals surface area contributed by atoms with Crippen molar-refractivity contribution in [3.63, 3.8) is 0 Å². The van der Waals surface area contributed by atoms with Crippen LogP contribution in [0.1, 0.15) is 18.4 Å². The van der Waals surface area contributed by atoms with Gasteiger partial charge in [0, 0.05) is 11.6 Å². The van der Waals surface area contributed by atoms with Gasteiger partial charge in [0.1, 0.15) is 0 Å². The van der Waals surface area contributed by atoms with Crippen molar-refractivity contribution in [2.75, 3.05) is 25.0 Å². The second kappa shape index (κ2) is 6.52. The molecule has 1 aromatic carbocycles. The molecule has 5 heteroatoms. The van der Waals surface area contributed by atoms with Crippen molar-refractivity contribution in [1.82, 2.24) is 4.90 Å². The first-order chi connectivity index (χ1) is 9.54. The molecule has 1 saturated heterocycles. The highest BCUT2D eigenvalue weighted by atomic mass is 16.2. The van der Waals surface area contributed by atoms with E-state index in [0.29, 0.717) is 0 Å². The van der Waals surface area contributed by atoms with Crippen LogP contribution in [0.25, 0.3) is 0 Å². The fourth-order valence-corrected chi connectivity index (χ4v) is 2.45. The van der Waals surface area contributed by atoms with E-state index >= 15 is 0 Å². The first-order valence-corrected chi connectivity index (χ1v) is 6.93. The Morgan fingerprint density at radius 3 is 2.40 bits per heavy atom. The number of nitrogens with two attached hydrogens (primary N) is 1. The first-order valence-electron chi connectivity index (χ1n) is 6.93. The van der Waals surface area contributed by atoms with Gasteiger partial charge >= 0.3 is 0 Å². The standard InChI is InChI=1S/C15H21N3O2/c1-11-2-4-13(5-3-11)17-15(20)12-6-8-18(9-7-12)10-14(16)19/h2-5,12H,6-10H2,1H3,(H2,16,19)(H,17,20). The van der Waals surface area contributed by atoms with Crippen LogP contribution < -0.4 is 11.1 Å². The van der Waals surface area contributed by atoms with Crippen LogP contribution in [0.4, 0.5) is 5.69 Å². The molecule has 0 unspecified atom stereocenters. The summed E-state index contributed by atoms with van der Waals surface area (Å²) in [6.07, 6.45) is 1.54. The molecular weight excluding hydrogens is 254 g/mol. The number of piperidine rings is 1. The van der Waals surface area contributed by atoms with E-state index < -0.39 is 0 Å². The maximum Gasteiger partial charge on any atom is 0.231 e. The molecule has 0 saturated carbocycles. The van der Waals surface area contributed by atoms with E-state index in [4.69, 9.17) is 5.73 Å². The number of hydrogen-bond acceptors (Lipinski definition) is 3. The summed E-state index contributed by atoms with van der Waals surface area (Å²) in [6, 6.07) is 7.78. The van der Waals surface area contributed by atoms with Crippen LogP contribution in [-0.4, -0.2) is 36.3 Å². The highest BCUT2D eigenvalue weighted by Gasteiger charge is 2.25. The first kappa shape index (κ1) is 14.5. The molecular formula is C15H21N3O2. The summed E-state index contributed by atoms with van der Waals surface area (Å²) in [5.41, 5.74) is 7.17. The van der Waals surface area contributed by atoms with Gasteiger partial charge in [-0.15, -0.1) is 0 Å². The SMILES string of the molecule is Cc1ccc(NC(=O)C2CCN(CC(N)=O)CC2)cc1. The molecule has 0 aliphatic carbocycles. The van der Waals surface area contributed by atoms with Gasteiger partial charge in [-0.3, -0.25) is 14.5 Å². The number of carbonyl (C=O) groups excluding carboxylic acids is 2. The van der Waals surface area contributed by atoms with E-state index in [0.717, 1.165) is 31.6 Å². The summed E-state index contributed by atoms with van der Waals surface area (Å²) in [6.45, 7) is 3.79. The van der Waals surface area contributed by atoms with Gasteiger partial charge in [-0.1, -0.05) is 17.7 Å². The summed E-state index contributed by atoms with van der Waals surface area (Å²) in [4.78, 5) is 25.0. The van der Waals surface area contributed by atoms with Gasteiger partial charge in [0.05, 0.1) is 6.54 Å². The lowest BCUT2D eigenvalue weighted by molar-refractivity contribution is -0.122. The number of primary amides is 1. The molecule has 0 radical (unpaired) electrons. The average molecular weight is 275 g/mol. The molecule has 2 rings (SSSR count). The van der Waals surface area contributed by atoms with E-state index in [9.17, 15) is 9.59 Å². The van der Waals surface area contributed by atoms with Gasteiger partial charge < -0.3 is 11.1 Å². The Hall–Kier alpha value is -1.88. The Bertz CT molecular complexity index is 476. The normalized spacial score (nSPS) is 16.9. The summed E-state index contributed by atoms with van der Waals surface area (Å²) < 4.78 is 0. The Morgan fingerprint density at radius 2 is 1.85 bits per heavy atom. The number of amides is 2.